The second-order valence-electron chi connectivity index (χ2n) is 5.07. The molecule has 0 saturated carbocycles. The van der Waals surface area contributed by atoms with Crippen molar-refractivity contribution in [1.82, 2.24) is 9.88 Å². The molecular formula is C16H25ClN2O. The van der Waals surface area contributed by atoms with Crippen molar-refractivity contribution in [2.24, 2.45) is 0 Å². The van der Waals surface area contributed by atoms with Gasteiger partial charge in [-0.25, -0.2) is 0 Å². The highest BCUT2D eigenvalue weighted by molar-refractivity contribution is 6.30. The van der Waals surface area contributed by atoms with Crippen molar-refractivity contribution in [2.45, 2.75) is 52.4 Å². The summed E-state index contributed by atoms with van der Waals surface area (Å²) >= 11 is 5.94. The predicted molar refractivity (Wildman–Crippen MR) is 84.2 cm³/mol. The number of rotatable bonds is 9. The normalized spacial score (nSPS) is 10.6. The molecule has 1 aromatic rings. The van der Waals surface area contributed by atoms with E-state index in [0.29, 0.717) is 10.7 Å². The van der Waals surface area contributed by atoms with E-state index < -0.39 is 0 Å². The van der Waals surface area contributed by atoms with Crippen molar-refractivity contribution < 1.29 is 4.79 Å². The fraction of sp³-hybridized carbons (Fsp3) is 0.625. The quantitative estimate of drug-likeness (QED) is 0.626. The molecule has 0 fully saturated rings. The fourth-order valence-corrected chi connectivity index (χ4v) is 2.26. The van der Waals surface area contributed by atoms with E-state index >= 15 is 0 Å². The van der Waals surface area contributed by atoms with Gasteiger partial charge in [-0.3, -0.25) is 9.78 Å². The monoisotopic (exact) mass is 296 g/mol. The first-order valence-electron chi connectivity index (χ1n) is 7.59. The van der Waals surface area contributed by atoms with Gasteiger partial charge in [-0.05, 0) is 25.0 Å². The van der Waals surface area contributed by atoms with Crippen LogP contribution < -0.4 is 0 Å². The number of aromatic nitrogens is 1. The highest BCUT2D eigenvalue weighted by Crippen LogP contribution is 2.12. The van der Waals surface area contributed by atoms with Crippen molar-refractivity contribution in [3.8, 4) is 0 Å². The zero-order valence-corrected chi connectivity index (χ0v) is 13.3. The van der Waals surface area contributed by atoms with Crippen LogP contribution in [0.25, 0.3) is 0 Å². The number of pyridine rings is 1. The summed E-state index contributed by atoms with van der Waals surface area (Å²) in [5.41, 5.74) is 0.450. The van der Waals surface area contributed by atoms with Crippen molar-refractivity contribution >= 4 is 17.5 Å². The molecule has 0 aliphatic carbocycles. The Labute approximate surface area is 127 Å². The summed E-state index contributed by atoms with van der Waals surface area (Å²) in [5, 5.41) is 0.561. The van der Waals surface area contributed by atoms with Gasteiger partial charge in [0, 0.05) is 24.3 Å². The van der Waals surface area contributed by atoms with Crippen LogP contribution in [0.3, 0.4) is 0 Å². The molecular weight excluding hydrogens is 272 g/mol. The highest BCUT2D eigenvalue weighted by atomic mass is 35.5. The topological polar surface area (TPSA) is 33.2 Å². The Balaban J connectivity index is 2.66. The molecule has 0 aliphatic rings. The lowest BCUT2D eigenvalue weighted by atomic mass is 10.2. The van der Waals surface area contributed by atoms with Gasteiger partial charge in [-0.1, -0.05) is 51.1 Å². The van der Waals surface area contributed by atoms with Gasteiger partial charge in [-0.15, -0.1) is 0 Å². The number of hydrogen-bond donors (Lipinski definition) is 0. The third kappa shape index (κ3) is 5.91. The maximum atomic E-state index is 12.5. The summed E-state index contributed by atoms with van der Waals surface area (Å²) in [6.07, 6.45) is 8.32. The van der Waals surface area contributed by atoms with E-state index in [-0.39, 0.29) is 5.91 Å². The molecule has 0 aliphatic heterocycles. The van der Waals surface area contributed by atoms with Crippen LogP contribution in [-0.2, 0) is 0 Å². The Kier molecular flexibility index (Phi) is 8.28. The van der Waals surface area contributed by atoms with Crippen LogP contribution in [0.1, 0.15) is 62.9 Å². The predicted octanol–water partition coefficient (Wildman–Crippen LogP) is 4.56. The first kappa shape index (κ1) is 17.0. The summed E-state index contributed by atoms with van der Waals surface area (Å²) in [5.74, 6) is -0.000272. The van der Waals surface area contributed by atoms with Gasteiger partial charge in [0.2, 0.25) is 0 Å². The van der Waals surface area contributed by atoms with E-state index in [4.69, 9.17) is 11.6 Å². The van der Waals surface area contributed by atoms with Gasteiger partial charge in [0.15, 0.2) is 0 Å². The van der Waals surface area contributed by atoms with Crippen LogP contribution in [0.5, 0.6) is 0 Å². The minimum Gasteiger partial charge on any atom is -0.337 e. The molecule has 4 heteroatoms. The van der Waals surface area contributed by atoms with Crippen LogP contribution in [0, 0.1) is 0 Å². The fourth-order valence-electron chi connectivity index (χ4n) is 2.10. The van der Waals surface area contributed by atoms with E-state index in [1.54, 1.807) is 18.3 Å². The molecule has 1 heterocycles. The number of amides is 1. The number of halogens is 1. The summed E-state index contributed by atoms with van der Waals surface area (Å²) in [4.78, 5) is 18.6. The molecule has 1 amide bonds. The van der Waals surface area contributed by atoms with Gasteiger partial charge >= 0.3 is 0 Å². The van der Waals surface area contributed by atoms with E-state index in [1.165, 1.54) is 0 Å². The minimum atomic E-state index is -0.000272. The maximum Gasteiger partial charge on any atom is 0.272 e. The smallest absolute Gasteiger partial charge is 0.272 e. The Bertz CT molecular complexity index is 399. The molecule has 1 aromatic heterocycles. The van der Waals surface area contributed by atoms with Crippen molar-refractivity contribution in [1.29, 1.82) is 0 Å². The Hall–Kier alpha value is -1.09. The van der Waals surface area contributed by atoms with Crippen molar-refractivity contribution in [2.75, 3.05) is 13.1 Å². The Morgan fingerprint density at radius 2 is 1.75 bits per heavy atom. The average Bonchev–Trinajstić information content (AvgIpc) is 2.45. The first-order chi connectivity index (χ1) is 9.69. The van der Waals surface area contributed by atoms with Gasteiger partial charge in [0.05, 0.1) is 0 Å². The Morgan fingerprint density at radius 1 is 1.15 bits per heavy atom. The number of unbranched alkanes of at least 4 members (excludes halogenated alkanes) is 4. The molecule has 112 valence electrons. The summed E-state index contributed by atoms with van der Waals surface area (Å²) in [6, 6.07) is 3.34. The lowest BCUT2D eigenvalue weighted by molar-refractivity contribution is 0.0743. The molecule has 1 rings (SSSR count). The zero-order chi connectivity index (χ0) is 14.8. The highest BCUT2D eigenvalue weighted by Gasteiger charge is 2.16. The lowest BCUT2D eigenvalue weighted by Crippen LogP contribution is -2.33. The molecule has 0 bridgehead atoms. The van der Waals surface area contributed by atoms with Crippen molar-refractivity contribution in [3.63, 3.8) is 0 Å². The number of hydrogen-bond acceptors (Lipinski definition) is 2. The number of carbonyl (C=O) groups is 1. The number of nitrogens with zero attached hydrogens (tertiary/aromatic N) is 2. The minimum absolute atomic E-state index is 0.000272. The molecule has 20 heavy (non-hydrogen) atoms. The third-order valence-corrected chi connectivity index (χ3v) is 3.53. The van der Waals surface area contributed by atoms with E-state index in [9.17, 15) is 4.79 Å². The molecule has 0 atom stereocenters. The van der Waals surface area contributed by atoms with Crippen LogP contribution >= 0.6 is 11.6 Å². The summed E-state index contributed by atoms with van der Waals surface area (Å²) < 4.78 is 0. The van der Waals surface area contributed by atoms with E-state index in [0.717, 1.165) is 51.6 Å². The molecule has 0 radical (unpaired) electrons. The lowest BCUT2D eigenvalue weighted by Gasteiger charge is -2.22. The first-order valence-corrected chi connectivity index (χ1v) is 7.97. The summed E-state index contributed by atoms with van der Waals surface area (Å²) in [7, 11) is 0. The second kappa shape index (κ2) is 9.76. The molecule has 3 nitrogen and oxygen atoms in total. The SMILES string of the molecule is CCCCCN(CCCCC)C(=O)c1cc(Cl)ccn1. The van der Waals surface area contributed by atoms with Gasteiger partial charge in [0.25, 0.3) is 5.91 Å². The molecule has 0 aromatic carbocycles. The zero-order valence-electron chi connectivity index (χ0n) is 12.6. The van der Waals surface area contributed by atoms with Crippen LogP contribution in [0.4, 0.5) is 0 Å². The molecule has 0 N–H and O–H groups in total. The standard InChI is InChI=1S/C16H25ClN2O/c1-3-5-7-11-19(12-8-6-4-2)16(20)15-13-14(17)9-10-18-15/h9-10,13H,3-8,11-12H2,1-2H3. The van der Waals surface area contributed by atoms with Gasteiger partial charge < -0.3 is 4.90 Å². The van der Waals surface area contributed by atoms with Crippen molar-refractivity contribution in [3.05, 3.63) is 29.0 Å². The second-order valence-corrected chi connectivity index (χ2v) is 5.50. The maximum absolute atomic E-state index is 12.5. The van der Waals surface area contributed by atoms with Gasteiger partial charge in [0.1, 0.15) is 5.69 Å². The summed E-state index contributed by atoms with van der Waals surface area (Å²) in [6.45, 7) is 5.96. The largest absolute Gasteiger partial charge is 0.337 e. The van der Waals surface area contributed by atoms with Crippen LogP contribution in [-0.4, -0.2) is 28.9 Å². The average molecular weight is 297 g/mol. The van der Waals surface area contributed by atoms with E-state index in [1.807, 2.05) is 4.90 Å². The molecule has 0 spiro atoms. The van der Waals surface area contributed by atoms with E-state index in [2.05, 4.69) is 18.8 Å². The molecule has 0 saturated heterocycles. The van der Waals surface area contributed by atoms with Crippen LogP contribution in [0.2, 0.25) is 5.02 Å². The van der Waals surface area contributed by atoms with Crippen LogP contribution in [0.15, 0.2) is 18.3 Å². The number of carbonyl (C=O) groups excluding carboxylic acids is 1. The third-order valence-electron chi connectivity index (χ3n) is 3.29. The Morgan fingerprint density at radius 3 is 2.25 bits per heavy atom. The molecule has 0 unspecified atom stereocenters. The van der Waals surface area contributed by atoms with Gasteiger partial charge in [-0.2, -0.15) is 0 Å².